The number of para-hydroxylation sites is 3. The van der Waals surface area contributed by atoms with Gasteiger partial charge in [-0.05, 0) is 43.2 Å². The summed E-state index contributed by atoms with van der Waals surface area (Å²) in [5.41, 5.74) is 7.97. The number of aromatic nitrogens is 2. The molecular formula is C36H50N2. The predicted octanol–water partition coefficient (Wildman–Crippen LogP) is 11.4. The molecule has 0 atom stereocenters. The average molecular weight is 511 g/mol. The summed E-state index contributed by atoms with van der Waals surface area (Å²) >= 11 is 0. The SMILES string of the molecule is CC.CC.CC.CC.Cc1cccc2c1c1ccccc1n2C.Cc1cccc2c3ccccc3n(C)c12. The third-order valence-corrected chi connectivity index (χ3v) is 6.28. The largest absolute Gasteiger partial charge is 0.344 e. The van der Waals surface area contributed by atoms with E-state index in [1.54, 1.807) is 0 Å². The third kappa shape index (κ3) is 6.48. The minimum absolute atomic E-state index is 1.31. The molecule has 38 heavy (non-hydrogen) atoms. The molecule has 2 nitrogen and oxygen atoms in total. The monoisotopic (exact) mass is 510 g/mol. The van der Waals surface area contributed by atoms with Gasteiger partial charge in [0.05, 0.1) is 5.52 Å². The maximum absolute atomic E-state index is 2.28. The Bertz CT molecular complexity index is 1520. The molecule has 0 aliphatic heterocycles. The minimum Gasteiger partial charge on any atom is -0.344 e. The van der Waals surface area contributed by atoms with Crippen LogP contribution in [0, 0.1) is 13.8 Å². The lowest BCUT2D eigenvalue weighted by atomic mass is 10.1. The van der Waals surface area contributed by atoms with Crippen molar-refractivity contribution in [1.82, 2.24) is 9.13 Å². The van der Waals surface area contributed by atoms with E-state index >= 15 is 0 Å². The van der Waals surface area contributed by atoms with E-state index in [2.05, 4.69) is 122 Å². The van der Waals surface area contributed by atoms with Crippen molar-refractivity contribution >= 4 is 43.6 Å². The zero-order valence-electron chi connectivity index (χ0n) is 26.0. The molecule has 0 amide bonds. The average Bonchev–Trinajstić information content (AvgIpc) is 3.46. The molecule has 6 aromatic rings. The van der Waals surface area contributed by atoms with Crippen LogP contribution in [-0.2, 0) is 14.1 Å². The lowest BCUT2D eigenvalue weighted by Gasteiger charge is -2.00. The molecule has 0 saturated carbocycles. The summed E-state index contributed by atoms with van der Waals surface area (Å²) in [6.45, 7) is 20.3. The van der Waals surface area contributed by atoms with Crippen molar-refractivity contribution in [2.45, 2.75) is 69.2 Å². The molecular weight excluding hydrogens is 460 g/mol. The quantitative estimate of drug-likeness (QED) is 0.192. The zero-order valence-corrected chi connectivity index (χ0v) is 26.0. The van der Waals surface area contributed by atoms with Crippen molar-refractivity contribution in [3.63, 3.8) is 0 Å². The van der Waals surface area contributed by atoms with Gasteiger partial charge in [0.1, 0.15) is 0 Å². The normalized spacial score (nSPS) is 9.58. The van der Waals surface area contributed by atoms with Crippen LogP contribution in [0.4, 0.5) is 0 Å². The van der Waals surface area contributed by atoms with Crippen molar-refractivity contribution in [3.8, 4) is 0 Å². The smallest absolute Gasteiger partial charge is 0.0518 e. The lowest BCUT2D eigenvalue weighted by Crippen LogP contribution is -1.88. The van der Waals surface area contributed by atoms with Crippen LogP contribution in [0.3, 0.4) is 0 Å². The van der Waals surface area contributed by atoms with E-state index in [0.29, 0.717) is 0 Å². The highest BCUT2D eigenvalue weighted by atomic mass is 14.9. The lowest BCUT2D eigenvalue weighted by molar-refractivity contribution is 1.01. The van der Waals surface area contributed by atoms with Gasteiger partial charge in [-0.1, -0.05) is 122 Å². The highest BCUT2D eigenvalue weighted by molar-refractivity contribution is 6.10. The first-order chi connectivity index (χ1) is 18.6. The number of aryl methyl sites for hydroxylation is 4. The molecule has 0 aliphatic carbocycles. The molecule has 0 aliphatic rings. The second kappa shape index (κ2) is 16.3. The van der Waals surface area contributed by atoms with Crippen LogP contribution in [0.1, 0.15) is 66.5 Å². The van der Waals surface area contributed by atoms with Crippen LogP contribution in [0.2, 0.25) is 0 Å². The Morgan fingerprint density at radius 3 is 1.42 bits per heavy atom. The van der Waals surface area contributed by atoms with Gasteiger partial charge in [0.15, 0.2) is 0 Å². The number of benzene rings is 4. The molecule has 0 saturated heterocycles. The molecule has 0 radical (unpaired) electrons. The van der Waals surface area contributed by atoms with Crippen LogP contribution >= 0.6 is 0 Å². The Balaban J connectivity index is 0.000000302. The fourth-order valence-electron chi connectivity index (χ4n) is 4.83. The molecule has 0 unspecified atom stereocenters. The summed E-state index contributed by atoms with van der Waals surface area (Å²) in [7, 11) is 4.27. The fraction of sp³-hybridized carbons (Fsp3) is 0.333. The number of nitrogens with zero attached hydrogens (tertiary/aromatic N) is 2. The highest BCUT2D eigenvalue weighted by Crippen LogP contribution is 2.30. The van der Waals surface area contributed by atoms with Crippen LogP contribution in [0.5, 0.6) is 0 Å². The van der Waals surface area contributed by atoms with Gasteiger partial charge < -0.3 is 9.13 Å². The summed E-state index contributed by atoms with van der Waals surface area (Å²) in [5, 5.41) is 5.44. The van der Waals surface area contributed by atoms with Gasteiger partial charge >= 0.3 is 0 Å². The third-order valence-electron chi connectivity index (χ3n) is 6.28. The Hall–Kier alpha value is -3.52. The van der Waals surface area contributed by atoms with Gasteiger partial charge in [0.2, 0.25) is 0 Å². The second-order valence-electron chi connectivity index (χ2n) is 8.09. The minimum atomic E-state index is 1.31. The summed E-state index contributed by atoms with van der Waals surface area (Å²) in [5.74, 6) is 0. The van der Waals surface area contributed by atoms with Crippen molar-refractivity contribution in [3.05, 3.63) is 96.1 Å². The van der Waals surface area contributed by atoms with E-state index in [1.165, 1.54) is 54.7 Å². The number of rotatable bonds is 0. The van der Waals surface area contributed by atoms with E-state index in [1.807, 2.05) is 55.4 Å². The predicted molar refractivity (Wildman–Crippen MR) is 176 cm³/mol. The van der Waals surface area contributed by atoms with E-state index in [0.717, 1.165) is 0 Å². The Morgan fingerprint density at radius 1 is 0.395 bits per heavy atom. The number of fused-ring (bicyclic) bond motifs is 6. The van der Waals surface area contributed by atoms with Crippen LogP contribution in [-0.4, -0.2) is 9.13 Å². The topological polar surface area (TPSA) is 9.86 Å². The fourth-order valence-corrected chi connectivity index (χ4v) is 4.83. The molecule has 2 heteroatoms. The molecule has 0 fully saturated rings. The van der Waals surface area contributed by atoms with Gasteiger partial charge in [0, 0.05) is 52.2 Å². The van der Waals surface area contributed by atoms with Crippen LogP contribution in [0.25, 0.3) is 43.6 Å². The Labute approximate surface area is 231 Å². The number of hydrogen-bond acceptors (Lipinski definition) is 0. The van der Waals surface area contributed by atoms with Crippen LogP contribution in [0.15, 0.2) is 84.9 Å². The molecule has 204 valence electrons. The van der Waals surface area contributed by atoms with E-state index in [4.69, 9.17) is 0 Å². The van der Waals surface area contributed by atoms with E-state index in [-0.39, 0.29) is 0 Å². The van der Waals surface area contributed by atoms with Crippen LogP contribution < -0.4 is 0 Å². The first-order valence-corrected chi connectivity index (χ1v) is 14.4. The van der Waals surface area contributed by atoms with Gasteiger partial charge in [-0.25, -0.2) is 0 Å². The molecule has 2 aromatic heterocycles. The zero-order chi connectivity index (χ0) is 28.8. The Kier molecular flexibility index (Phi) is 14.0. The molecule has 2 heterocycles. The number of hydrogen-bond donors (Lipinski definition) is 0. The van der Waals surface area contributed by atoms with Crippen molar-refractivity contribution in [2.24, 2.45) is 14.1 Å². The first-order valence-electron chi connectivity index (χ1n) is 14.4. The summed E-state index contributed by atoms with van der Waals surface area (Å²) in [4.78, 5) is 0. The molecule has 6 rings (SSSR count). The maximum atomic E-state index is 2.28. The van der Waals surface area contributed by atoms with Crippen molar-refractivity contribution in [2.75, 3.05) is 0 Å². The van der Waals surface area contributed by atoms with E-state index in [9.17, 15) is 0 Å². The standard InChI is InChI=1S/2C14H13N.4C2H6/c1-10-6-5-8-12-11-7-3-4-9-13(11)15(2)14(10)12;1-10-6-5-9-13-14(10)11-7-3-4-8-12(11)15(13)2;4*1-2/h2*3-9H,1-2H3;4*1-2H3. The summed E-state index contributed by atoms with van der Waals surface area (Å²) in [6, 6.07) is 30.1. The second-order valence-corrected chi connectivity index (χ2v) is 8.09. The molecule has 0 bridgehead atoms. The van der Waals surface area contributed by atoms with Gasteiger partial charge in [0.25, 0.3) is 0 Å². The van der Waals surface area contributed by atoms with Gasteiger partial charge in [-0.3, -0.25) is 0 Å². The van der Waals surface area contributed by atoms with Crippen molar-refractivity contribution < 1.29 is 0 Å². The van der Waals surface area contributed by atoms with E-state index < -0.39 is 0 Å². The molecule has 4 aromatic carbocycles. The van der Waals surface area contributed by atoms with Gasteiger partial charge in [-0.15, -0.1) is 0 Å². The highest BCUT2D eigenvalue weighted by Gasteiger charge is 2.09. The maximum Gasteiger partial charge on any atom is 0.0518 e. The van der Waals surface area contributed by atoms with Crippen molar-refractivity contribution in [1.29, 1.82) is 0 Å². The summed E-state index contributed by atoms with van der Waals surface area (Å²) < 4.78 is 4.54. The van der Waals surface area contributed by atoms with Gasteiger partial charge in [-0.2, -0.15) is 0 Å². The first kappa shape index (κ1) is 32.5. The Morgan fingerprint density at radius 2 is 0.816 bits per heavy atom. The molecule has 0 spiro atoms. The molecule has 0 N–H and O–H groups in total. The summed E-state index contributed by atoms with van der Waals surface area (Å²) in [6.07, 6.45) is 0.